The molecule has 7 nitrogen and oxygen atoms in total. The predicted octanol–water partition coefficient (Wildman–Crippen LogP) is 5.22. The van der Waals surface area contributed by atoms with Crippen LogP contribution in [0.5, 0.6) is 0 Å². The van der Waals surface area contributed by atoms with Crippen molar-refractivity contribution in [1.29, 1.82) is 0 Å². The van der Waals surface area contributed by atoms with E-state index in [9.17, 15) is 18.0 Å². The lowest BCUT2D eigenvalue weighted by Gasteiger charge is -2.32. The maximum atomic E-state index is 13.9. The minimum Gasteiger partial charge on any atom is -0.352 e. The van der Waals surface area contributed by atoms with E-state index in [1.54, 1.807) is 25.1 Å². The summed E-state index contributed by atoms with van der Waals surface area (Å²) >= 11 is 5.99. The number of aryl methyl sites for hydroxylation is 1. The van der Waals surface area contributed by atoms with E-state index >= 15 is 0 Å². The molecular formula is C30H36ClN3O4S. The Morgan fingerprint density at radius 3 is 2.23 bits per heavy atom. The fraction of sp³-hybridized carbons (Fsp3) is 0.333. The van der Waals surface area contributed by atoms with Gasteiger partial charge < -0.3 is 10.2 Å². The van der Waals surface area contributed by atoms with E-state index in [1.807, 2.05) is 57.2 Å². The zero-order valence-corrected chi connectivity index (χ0v) is 24.4. The van der Waals surface area contributed by atoms with Crippen LogP contribution in [0.15, 0.2) is 83.8 Å². The van der Waals surface area contributed by atoms with E-state index in [0.29, 0.717) is 17.1 Å². The third kappa shape index (κ3) is 8.07. The average molecular weight is 570 g/mol. The number of carbonyl (C=O) groups is 2. The van der Waals surface area contributed by atoms with E-state index in [-0.39, 0.29) is 23.4 Å². The molecule has 1 N–H and O–H groups in total. The largest absolute Gasteiger partial charge is 0.352 e. The Hall–Kier alpha value is -3.36. The van der Waals surface area contributed by atoms with Crippen molar-refractivity contribution in [1.82, 2.24) is 10.2 Å². The molecule has 2 amide bonds. The number of nitrogens with zero attached hydrogens (tertiary/aromatic N) is 2. The first kappa shape index (κ1) is 30.2. The molecule has 3 aromatic carbocycles. The number of rotatable bonds is 12. The summed E-state index contributed by atoms with van der Waals surface area (Å²) in [6.07, 6.45) is 1.26. The minimum atomic E-state index is -4.13. The first-order valence-corrected chi connectivity index (χ1v) is 14.8. The number of anilines is 1. The highest BCUT2D eigenvalue weighted by Gasteiger charge is 2.32. The smallest absolute Gasteiger partial charge is 0.264 e. The molecule has 0 aliphatic rings. The third-order valence-electron chi connectivity index (χ3n) is 6.62. The molecule has 0 unspecified atom stereocenters. The lowest BCUT2D eigenvalue weighted by atomic mass is 10.1. The molecule has 3 aromatic rings. The van der Waals surface area contributed by atoms with E-state index in [2.05, 4.69) is 5.32 Å². The second kappa shape index (κ2) is 13.6. The fourth-order valence-electron chi connectivity index (χ4n) is 4.08. The maximum Gasteiger partial charge on any atom is 0.264 e. The fourth-order valence-corrected chi connectivity index (χ4v) is 5.61. The number of carbonyl (C=O) groups excluding carboxylic acids is 2. The van der Waals surface area contributed by atoms with Gasteiger partial charge in [0.1, 0.15) is 12.6 Å². The number of halogens is 1. The van der Waals surface area contributed by atoms with Crippen LogP contribution in [0, 0.1) is 6.92 Å². The lowest BCUT2D eigenvalue weighted by molar-refractivity contribution is -0.139. The van der Waals surface area contributed by atoms with Gasteiger partial charge in [-0.25, -0.2) is 8.42 Å². The van der Waals surface area contributed by atoms with Gasteiger partial charge in [-0.05, 0) is 81.1 Å². The molecule has 208 valence electrons. The molecular weight excluding hydrogens is 534 g/mol. The lowest BCUT2D eigenvalue weighted by Crippen LogP contribution is -2.53. The predicted molar refractivity (Wildman–Crippen MR) is 156 cm³/mol. The van der Waals surface area contributed by atoms with Crippen LogP contribution < -0.4 is 9.62 Å². The van der Waals surface area contributed by atoms with E-state index in [4.69, 9.17) is 11.6 Å². The highest BCUT2D eigenvalue weighted by molar-refractivity contribution is 7.92. The Kier molecular flexibility index (Phi) is 10.5. The molecule has 39 heavy (non-hydrogen) atoms. The average Bonchev–Trinajstić information content (AvgIpc) is 2.92. The van der Waals surface area contributed by atoms with Crippen molar-refractivity contribution >= 4 is 39.1 Å². The van der Waals surface area contributed by atoms with E-state index in [1.165, 1.54) is 29.2 Å². The van der Waals surface area contributed by atoms with Gasteiger partial charge in [0.2, 0.25) is 11.8 Å². The number of amides is 2. The second-order valence-electron chi connectivity index (χ2n) is 9.62. The van der Waals surface area contributed by atoms with Crippen molar-refractivity contribution in [3.8, 4) is 0 Å². The molecule has 0 aliphatic carbocycles. The highest BCUT2D eigenvalue weighted by atomic mass is 35.5. The standard InChI is InChI=1S/C30H36ClN3O4S/c1-5-23(3)32-30(36)24(4)33(19-18-25-11-7-6-8-12-25)29(35)21-34(27-13-9-10-22(2)20-27)39(37,38)28-16-14-26(31)15-17-28/h6-17,20,23-24H,5,18-19,21H2,1-4H3,(H,32,36)/t23-,24+/m1/s1. The minimum absolute atomic E-state index is 0.0135. The highest BCUT2D eigenvalue weighted by Crippen LogP contribution is 2.26. The van der Waals surface area contributed by atoms with Gasteiger partial charge in [-0.2, -0.15) is 0 Å². The number of nitrogens with one attached hydrogen (secondary N) is 1. The normalized spacial score (nSPS) is 12.8. The molecule has 0 bridgehead atoms. The van der Waals surface area contributed by atoms with Crippen LogP contribution in [-0.4, -0.2) is 50.3 Å². The van der Waals surface area contributed by atoms with Gasteiger partial charge in [-0.1, -0.05) is 61.0 Å². The van der Waals surface area contributed by atoms with Crippen LogP contribution in [0.4, 0.5) is 5.69 Å². The molecule has 0 spiro atoms. The Morgan fingerprint density at radius 1 is 0.949 bits per heavy atom. The van der Waals surface area contributed by atoms with Gasteiger partial charge >= 0.3 is 0 Å². The first-order chi connectivity index (χ1) is 18.5. The van der Waals surface area contributed by atoms with E-state index < -0.39 is 28.5 Å². The molecule has 9 heteroatoms. The molecule has 0 saturated carbocycles. The molecule has 3 rings (SSSR count). The molecule has 2 atom stereocenters. The first-order valence-electron chi connectivity index (χ1n) is 13.0. The van der Waals surface area contributed by atoms with Crippen molar-refractivity contribution in [3.63, 3.8) is 0 Å². The molecule has 0 fully saturated rings. The van der Waals surface area contributed by atoms with Gasteiger partial charge in [0, 0.05) is 17.6 Å². The quantitative estimate of drug-likeness (QED) is 0.324. The number of hydrogen-bond donors (Lipinski definition) is 1. The Bertz CT molecular complexity index is 1360. The molecule has 0 radical (unpaired) electrons. The van der Waals surface area contributed by atoms with Crippen molar-refractivity contribution in [3.05, 3.63) is 95.0 Å². The summed E-state index contributed by atoms with van der Waals surface area (Å²) in [5, 5.41) is 3.34. The summed E-state index contributed by atoms with van der Waals surface area (Å²) in [6, 6.07) is 21.6. The van der Waals surface area contributed by atoms with Crippen molar-refractivity contribution in [2.45, 2.75) is 57.5 Å². The van der Waals surface area contributed by atoms with Crippen LogP contribution in [0.3, 0.4) is 0 Å². The number of sulfonamides is 1. The van der Waals surface area contributed by atoms with Crippen LogP contribution in [0.25, 0.3) is 0 Å². The zero-order chi connectivity index (χ0) is 28.6. The Morgan fingerprint density at radius 2 is 1.62 bits per heavy atom. The second-order valence-corrected chi connectivity index (χ2v) is 11.9. The van der Waals surface area contributed by atoms with Gasteiger partial charge in [0.05, 0.1) is 10.6 Å². The van der Waals surface area contributed by atoms with Crippen molar-refractivity contribution in [2.24, 2.45) is 0 Å². The SMILES string of the molecule is CC[C@@H](C)NC(=O)[C@H](C)N(CCc1ccccc1)C(=O)CN(c1cccc(C)c1)S(=O)(=O)c1ccc(Cl)cc1. The van der Waals surface area contributed by atoms with Crippen LogP contribution >= 0.6 is 11.6 Å². The summed E-state index contributed by atoms with van der Waals surface area (Å²) in [5.41, 5.74) is 2.21. The summed E-state index contributed by atoms with van der Waals surface area (Å²) in [6.45, 7) is 7.18. The number of benzene rings is 3. The summed E-state index contributed by atoms with van der Waals surface area (Å²) in [7, 11) is -4.13. The van der Waals surface area contributed by atoms with Crippen molar-refractivity contribution < 1.29 is 18.0 Å². The molecule has 0 saturated heterocycles. The number of hydrogen-bond acceptors (Lipinski definition) is 4. The van der Waals surface area contributed by atoms with Crippen LogP contribution in [0.2, 0.25) is 5.02 Å². The molecule has 0 aliphatic heterocycles. The van der Waals surface area contributed by atoms with Gasteiger partial charge in [0.25, 0.3) is 10.0 Å². The van der Waals surface area contributed by atoms with Gasteiger partial charge in [0.15, 0.2) is 0 Å². The van der Waals surface area contributed by atoms with Crippen LogP contribution in [0.1, 0.15) is 38.3 Å². The zero-order valence-electron chi connectivity index (χ0n) is 22.8. The summed E-state index contributed by atoms with van der Waals surface area (Å²) in [4.78, 5) is 28.4. The third-order valence-corrected chi connectivity index (χ3v) is 8.66. The summed E-state index contributed by atoms with van der Waals surface area (Å²) in [5.74, 6) is -0.759. The summed E-state index contributed by atoms with van der Waals surface area (Å²) < 4.78 is 28.7. The molecule has 0 heterocycles. The Balaban J connectivity index is 1.97. The van der Waals surface area contributed by atoms with Gasteiger partial charge in [-0.15, -0.1) is 0 Å². The Labute approximate surface area is 236 Å². The van der Waals surface area contributed by atoms with E-state index in [0.717, 1.165) is 21.9 Å². The topological polar surface area (TPSA) is 86.8 Å². The monoisotopic (exact) mass is 569 g/mol. The van der Waals surface area contributed by atoms with Crippen molar-refractivity contribution in [2.75, 3.05) is 17.4 Å². The van der Waals surface area contributed by atoms with Gasteiger partial charge in [-0.3, -0.25) is 13.9 Å². The maximum absolute atomic E-state index is 13.9. The molecule has 0 aromatic heterocycles. The van der Waals surface area contributed by atoms with Crippen LogP contribution in [-0.2, 0) is 26.0 Å².